The number of aliphatic hydroxyl groups excluding tert-OH is 1. The molecular weight excluding hydrogens is 274 g/mol. The predicted molar refractivity (Wildman–Crippen MR) is 84.0 cm³/mol. The zero-order chi connectivity index (χ0) is 14.7. The minimum Gasteiger partial charge on any atom is -0.397 e. The van der Waals surface area contributed by atoms with Crippen molar-refractivity contribution in [2.75, 3.05) is 18.6 Å². The lowest BCUT2D eigenvalue weighted by molar-refractivity contribution is 0.0931. The number of anilines is 1. The Morgan fingerprint density at radius 2 is 2.30 bits per heavy atom. The summed E-state index contributed by atoms with van der Waals surface area (Å²) in [6.07, 6.45) is 1.91. The molecule has 0 radical (unpaired) electrons. The molecule has 2 aromatic rings. The second kappa shape index (κ2) is 6.19. The molecule has 6 heteroatoms. The molecule has 108 valence electrons. The molecule has 0 saturated carbocycles. The molecule has 1 aromatic carbocycles. The normalized spacial score (nSPS) is 14.2. The summed E-state index contributed by atoms with van der Waals surface area (Å²) in [4.78, 5) is 15.2. The zero-order valence-corrected chi connectivity index (χ0v) is 12.3. The van der Waals surface area contributed by atoms with Gasteiger partial charge in [0.15, 0.2) is 0 Å². The van der Waals surface area contributed by atoms with Crippen LogP contribution in [0.1, 0.15) is 17.4 Å². The van der Waals surface area contributed by atoms with E-state index in [0.29, 0.717) is 11.4 Å². The largest absolute Gasteiger partial charge is 0.397 e. The molecule has 0 saturated heterocycles. The third-order valence-corrected chi connectivity index (χ3v) is 4.50. The average molecular weight is 293 g/mol. The number of rotatable bonds is 5. The average Bonchev–Trinajstić information content (AvgIpc) is 2.85. The van der Waals surface area contributed by atoms with Crippen molar-refractivity contribution in [2.24, 2.45) is 0 Å². The van der Waals surface area contributed by atoms with E-state index in [1.807, 2.05) is 25.3 Å². The van der Waals surface area contributed by atoms with Crippen molar-refractivity contribution >= 4 is 34.3 Å². The number of nitrogen functional groups attached to an aromatic ring is 1. The summed E-state index contributed by atoms with van der Waals surface area (Å²) in [7, 11) is 0. The number of nitrogens with one attached hydrogen (secondary N) is 2. The fourth-order valence-corrected chi connectivity index (χ4v) is 2.74. The monoisotopic (exact) mass is 293 g/mol. The number of aliphatic hydroxyl groups is 1. The van der Waals surface area contributed by atoms with E-state index in [0.717, 1.165) is 10.9 Å². The van der Waals surface area contributed by atoms with Gasteiger partial charge in [0, 0.05) is 16.7 Å². The number of fused-ring (bicyclic) bond motifs is 1. The SMILES string of the molecule is CSC(CO)C(C)NC(=O)c1cc2cccc(N)c2[nH]1. The van der Waals surface area contributed by atoms with Gasteiger partial charge in [-0.05, 0) is 25.3 Å². The maximum atomic E-state index is 12.2. The Hall–Kier alpha value is -1.66. The van der Waals surface area contributed by atoms with Crippen molar-refractivity contribution < 1.29 is 9.90 Å². The van der Waals surface area contributed by atoms with Gasteiger partial charge in [0.1, 0.15) is 5.69 Å². The lowest BCUT2D eigenvalue weighted by atomic mass is 10.2. The van der Waals surface area contributed by atoms with Crippen LogP contribution in [0.15, 0.2) is 24.3 Å². The predicted octanol–water partition coefficient (Wildman–Crippen LogP) is 1.59. The summed E-state index contributed by atoms with van der Waals surface area (Å²) in [5, 5.41) is 13.0. The zero-order valence-electron chi connectivity index (χ0n) is 11.5. The highest BCUT2D eigenvalue weighted by molar-refractivity contribution is 7.99. The van der Waals surface area contributed by atoms with E-state index in [9.17, 15) is 9.90 Å². The number of carbonyl (C=O) groups excluding carboxylic acids is 1. The molecule has 0 fully saturated rings. The Kier molecular flexibility index (Phi) is 4.57. The van der Waals surface area contributed by atoms with Crippen molar-refractivity contribution in [3.05, 3.63) is 30.0 Å². The molecule has 0 spiro atoms. The number of amides is 1. The summed E-state index contributed by atoms with van der Waals surface area (Å²) >= 11 is 1.53. The molecule has 1 aromatic heterocycles. The van der Waals surface area contributed by atoms with Gasteiger partial charge in [-0.1, -0.05) is 12.1 Å². The van der Waals surface area contributed by atoms with Gasteiger partial charge in [0.05, 0.1) is 17.8 Å². The molecule has 0 bridgehead atoms. The number of hydrogen-bond acceptors (Lipinski definition) is 4. The van der Waals surface area contributed by atoms with Gasteiger partial charge in [0.2, 0.25) is 0 Å². The Morgan fingerprint density at radius 3 is 2.90 bits per heavy atom. The molecule has 1 amide bonds. The van der Waals surface area contributed by atoms with Crippen LogP contribution in [0, 0.1) is 0 Å². The van der Waals surface area contributed by atoms with Crippen LogP contribution in [-0.4, -0.2) is 40.2 Å². The minimum atomic E-state index is -0.194. The van der Waals surface area contributed by atoms with Crippen molar-refractivity contribution in [1.29, 1.82) is 0 Å². The highest BCUT2D eigenvalue weighted by atomic mass is 32.2. The van der Waals surface area contributed by atoms with Crippen LogP contribution in [0.25, 0.3) is 10.9 Å². The van der Waals surface area contributed by atoms with E-state index >= 15 is 0 Å². The Balaban J connectivity index is 2.17. The summed E-state index contributed by atoms with van der Waals surface area (Å²) < 4.78 is 0. The maximum Gasteiger partial charge on any atom is 0.267 e. The molecule has 0 aliphatic carbocycles. The number of aromatic nitrogens is 1. The molecule has 20 heavy (non-hydrogen) atoms. The fourth-order valence-electron chi connectivity index (χ4n) is 2.12. The van der Waals surface area contributed by atoms with Gasteiger partial charge in [-0.3, -0.25) is 4.79 Å². The van der Waals surface area contributed by atoms with E-state index in [4.69, 9.17) is 5.73 Å². The summed E-state index contributed by atoms with van der Waals surface area (Å²) in [6.45, 7) is 1.91. The maximum absolute atomic E-state index is 12.2. The van der Waals surface area contributed by atoms with Crippen molar-refractivity contribution in [1.82, 2.24) is 10.3 Å². The number of thioether (sulfide) groups is 1. The summed E-state index contributed by atoms with van der Waals surface area (Å²) in [5.41, 5.74) is 7.73. The Bertz CT molecular complexity index is 607. The topological polar surface area (TPSA) is 91.1 Å². The first-order valence-corrected chi connectivity index (χ1v) is 7.67. The minimum absolute atomic E-state index is 0.0200. The third-order valence-electron chi connectivity index (χ3n) is 3.33. The van der Waals surface area contributed by atoms with Crippen LogP contribution in [0.5, 0.6) is 0 Å². The second-order valence-electron chi connectivity index (χ2n) is 4.71. The second-order valence-corrected chi connectivity index (χ2v) is 5.79. The molecular formula is C14H19N3O2S. The van der Waals surface area contributed by atoms with Crippen LogP contribution < -0.4 is 11.1 Å². The van der Waals surface area contributed by atoms with Crippen LogP contribution in [-0.2, 0) is 0 Å². The smallest absolute Gasteiger partial charge is 0.267 e. The molecule has 2 unspecified atom stereocenters. The van der Waals surface area contributed by atoms with Crippen LogP contribution in [0.2, 0.25) is 0 Å². The molecule has 2 rings (SSSR count). The van der Waals surface area contributed by atoms with Gasteiger partial charge in [-0.25, -0.2) is 0 Å². The first kappa shape index (κ1) is 14.7. The number of hydrogen-bond donors (Lipinski definition) is 4. The van der Waals surface area contributed by atoms with Gasteiger partial charge in [0.25, 0.3) is 5.91 Å². The van der Waals surface area contributed by atoms with Gasteiger partial charge < -0.3 is 21.1 Å². The lowest BCUT2D eigenvalue weighted by Crippen LogP contribution is -2.41. The molecule has 2 atom stereocenters. The van der Waals surface area contributed by atoms with Gasteiger partial charge >= 0.3 is 0 Å². The number of aromatic amines is 1. The van der Waals surface area contributed by atoms with Crippen LogP contribution in [0.4, 0.5) is 5.69 Å². The van der Waals surface area contributed by atoms with Crippen molar-refractivity contribution in [2.45, 2.75) is 18.2 Å². The molecule has 5 nitrogen and oxygen atoms in total. The van der Waals surface area contributed by atoms with Gasteiger partial charge in [-0.2, -0.15) is 11.8 Å². The molecule has 0 aliphatic heterocycles. The highest BCUT2D eigenvalue weighted by Crippen LogP contribution is 2.21. The van der Waals surface area contributed by atoms with Gasteiger partial charge in [-0.15, -0.1) is 0 Å². The van der Waals surface area contributed by atoms with Crippen molar-refractivity contribution in [3.8, 4) is 0 Å². The van der Waals surface area contributed by atoms with E-state index in [1.54, 1.807) is 12.1 Å². The molecule has 0 aliphatic rings. The number of para-hydroxylation sites is 1. The highest BCUT2D eigenvalue weighted by Gasteiger charge is 2.19. The Labute approximate surface area is 121 Å². The number of carbonyl (C=O) groups is 1. The van der Waals surface area contributed by atoms with E-state index < -0.39 is 0 Å². The third kappa shape index (κ3) is 2.91. The summed E-state index contributed by atoms with van der Waals surface area (Å²) in [6, 6.07) is 7.21. The van der Waals surface area contributed by atoms with Crippen LogP contribution in [0.3, 0.4) is 0 Å². The number of H-pyrrole nitrogens is 1. The van der Waals surface area contributed by atoms with E-state index in [2.05, 4.69) is 10.3 Å². The number of benzene rings is 1. The molecule has 1 heterocycles. The Morgan fingerprint density at radius 1 is 1.55 bits per heavy atom. The quantitative estimate of drug-likeness (QED) is 0.630. The van der Waals surface area contributed by atoms with E-state index in [1.165, 1.54) is 11.8 Å². The standard InChI is InChI=1S/C14H19N3O2S/c1-8(12(7-18)20-2)16-14(19)11-6-9-4-3-5-10(15)13(9)17-11/h3-6,8,12,17-18H,7,15H2,1-2H3,(H,16,19). The first-order valence-electron chi connectivity index (χ1n) is 6.38. The lowest BCUT2D eigenvalue weighted by Gasteiger charge is -2.20. The van der Waals surface area contributed by atoms with E-state index in [-0.39, 0.29) is 23.8 Å². The van der Waals surface area contributed by atoms with Crippen LogP contribution >= 0.6 is 11.8 Å². The fraction of sp³-hybridized carbons (Fsp3) is 0.357. The number of nitrogens with two attached hydrogens (primary N) is 1. The first-order chi connectivity index (χ1) is 9.56. The summed E-state index contributed by atoms with van der Waals surface area (Å²) in [5.74, 6) is -0.194. The van der Waals surface area contributed by atoms with Crippen molar-refractivity contribution in [3.63, 3.8) is 0 Å². The molecule has 5 N–H and O–H groups in total.